The molecular formula is C21H19N3O7S2. The molecule has 172 valence electrons. The van der Waals surface area contributed by atoms with Crippen molar-refractivity contribution in [1.82, 2.24) is 4.98 Å². The molecule has 0 unspecified atom stereocenters. The van der Waals surface area contributed by atoms with Gasteiger partial charge in [-0.1, -0.05) is 0 Å². The topological polar surface area (TPSA) is 133 Å². The third kappa shape index (κ3) is 4.57. The van der Waals surface area contributed by atoms with Gasteiger partial charge in [0, 0.05) is 5.75 Å². The van der Waals surface area contributed by atoms with E-state index < -0.39 is 23.0 Å². The highest BCUT2D eigenvalue weighted by atomic mass is 32.2. The number of aromatic hydroxyl groups is 1. The summed E-state index contributed by atoms with van der Waals surface area (Å²) in [6, 6.07) is 6.82. The van der Waals surface area contributed by atoms with Crippen LogP contribution in [0.3, 0.4) is 0 Å². The highest BCUT2D eigenvalue weighted by molar-refractivity contribution is 8.15. The number of aliphatic imine (C=N–C) groups is 1. The van der Waals surface area contributed by atoms with E-state index in [1.165, 1.54) is 49.5 Å². The van der Waals surface area contributed by atoms with Gasteiger partial charge in [0.2, 0.25) is 0 Å². The van der Waals surface area contributed by atoms with Crippen molar-refractivity contribution in [3.8, 4) is 17.2 Å². The van der Waals surface area contributed by atoms with Crippen molar-refractivity contribution in [3.63, 3.8) is 0 Å². The number of nitro benzene ring substituents is 1. The van der Waals surface area contributed by atoms with Crippen LogP contribution in [-0.4, -0.2) is 52.0 Å². The number of carbonyl (C=O) groups excluding carboxylic acids is 1. The van der Waals surface area contributed by atoms with Gasteiger partial charge in [-0.2, -0.15) is 0 Å². The molecule has 0 radical (unpaired) electrons. The van der Waals surface area contributed by atoms with Gasteiger partial charge in [0.1, 0.15) is 21.9 Å². The van der Waals surface area contributed by atoms with Crippen molar-refractivity contribution in [1.29, 1.82) is 0 Å². The van der Waals surface area contributed by atoms with E-state index in [9.17, 15) is 20.0 Å². The lowest BCUT2D eigenvalue weighted by Gasteiger charge is -2.17. The van der Waals surface area contributed by atoms with Gasteiger partial charge in [-0.05, 0) is 31.2 Å². The van der Waals surface area contributed by atoms with E-state index >= 15 is 0 Å². The summed E-state index contributed by atoms with van der Waals surface area (Å²) in [4.78, 5) is 32.7. The van der Waals surface area contributed by atoms with E-state index in [-0.39, 0.29) is 22.7 Å². The normalized spacial score (nSPS) is 16.3. The standard InChI is InChI=1S/C21H19N3O7S2/c1-10(12-7-16(29-2)17(30-3)8-15(12)24(27)28)31-21(26)14-9-32-19(23-14)20-22-13-5-4-11(25)6-18(13)33-20/h4-8,10,14,25H,9H2,1-3H3/t10-,14+/m1/s1. The number of fused-ring (bicyclic) bond motifs is 1. The molecule has 0 amide bonds. The average Bonchev–Trinajstić information content (AvgIpc) is 3.44. The van der Waals surface area contributed by atoms with Gasteiger partial charge in [-0.3, -0.25) is 15.1 Å². The first-order valence-electron chi connectivity index (χ1n) is 9.72. The van der Waals surface area contributed by atoms with Crippen LogP contribution in [0.1, 0.15) is 23.6 Å². The lowest BCUT2D eigenvalue weighted by Crippen LogP contribution is -2.23. The number of aromatic nitrogens is 1. The number of phenols is 1. The van der Waals surface area contributed by atoms with Crippen molar-refractivity contribution < 1.29 is 29.0 Å². The van der Waals surface area contributed by atoms with E-state index in [1.807, 2.05) is 0 Å². The maximum atomic E-state index is 12.8. The number of rotatable bonds is 7. The smallest absolute Gasteiger partial charge is 0.332 e. The van der Waals surface area contributed by atoms with Gasteiger partial charge >= 0.3 is 5.97 Å². The van der Waals surface area contributed by atoms with Crippen molar-refractivity contribution in [2.45, 2.75) is 19.1 Å². The molecule has 2 heterocycles. The Kier molecular flexibility index (Phi) is 6.38. The summed E-state index contributed by atoms with van der Waals surface area (Å²) in [5.74, 6) is 0.429. The first-order valence-corrected chi connectivity index (χ1v) is 11.5. The van der Waals surface area contributed by atoms with Crippen LogP contribution in [0.5, 0.6) is 17.2 Å². The molecule has 0 saturated carbocycles. The Hall–Kier alpha value is -3.38. The summed E-state index contributed by atoms with van der Waals surface area (Å²) in [5, 5.41) is 22.5. The number of thioether (sulfide) groups is 1. The highest BCUT2D eigenvalue weighted by Crippen LogP contribution is 2.39. The van der Waals surface area contributed by atoms with Crippen molar-refractivity contribution in [2.24, 2.45) is 4.99 Å². The van der Waals surface area contributed by atoms with Crippen molar-refractivity contribution in [2.75, 3.05) is 20.0 Å². The largest absolute Gasteiger partial charge is 0.508 e. The van der Waals surface area contributed by atoms with Crippen LogP contribution in [0.15, 0.2) is 35.3 Å². The number of methoxy groups -OCH3 is 2. The lowest BCUT2D eigenvalue weighted by atomic mass is 10.1. The van der Waals surface area contributed by atoms with E-state index in [2.05, 4.69) is 9.98 Å². The van der Waals surface area contributed by atoms with Crippen LogP contribution in [-0.2, 0) is 9.53 Å². The number of esters is 1. The summed E-state index contributed by atoms with van der Waals surface area (Å²) >= 11 is 2.75. The molecule has 1 aliphatic rings. The SMILES string of the molecule is COc1cc([C@@H](C)OC(=O)[C@@H]2CSC(c3nc4ccc(O)cc4s3)=N2)c([N+](=O)[O-])cc1OC. The Morgan fingerprint density at radius 2 is 1.97 bits per heavy atom. The summed E-state index contributed by atoms with van der Waals surface area (Å²) < 4.78 is 16.7. The van der Waals surface area contributed by atoms with Crippen LogP contribution in [0, 0.1) is 10.1 Å². The molecule has 0 spiro atoms. The van der Waals surface area contributed by atoms with Crippen molar-refractivity contribution >= 4 is 50.0 Å². The van der Waals surface area contributed by atoms with E-state index in [0.29, 0.717) is 21.6 Å². The fraction of sp³-hybridized carbons (Fsp3) is 0.286. The quantitative estimate of drug-likeness (QED) is 0.296. The highest BCUT2D eigenvalue weighted by Gasteiger charge is 2.32. The number of thiazole rings is 1. The number of ether oxygens (including phenoxy) is 3. The van der Waals surface area contributed by atoms with Gasteiger partial charge in [0.15, 0.2) is 17.5 Å². The predicted molar refractivity (Wildman–Crippen MR) is 125 cm³/mol. The minimum atomic E-state index is -0.910. The average molecular weight is 490 g/mol. The number of nitrogens with zero attached hydrogens (tertiary/aromatic N) is 3. The Morgan fingerprint density at radius 1 is 1.24 bits per heavy atom. The van der Waals surface area contributed by atoms with Gasteiger partial charge < -0.3 is 19.3 Å². The maximum absolute atomic E-state index is 12.8. The molecule has 0 aliphatic carbocycles. The number of nitro groups is 1. The molecule has 3 aromatic rings. The second kappa shape index (κ2) is 9.24. The van der Waals surface area contributed by atoms with Gasteiger partial charge in [-0.15, -0.1) is 23.1 Å². The zero-order valence-corrected chi connectivity index (χ0v) is 19.4. The van der Waals surface area contributed by atoms with Gasteiger partial charge in [0.25, 0.3) is 5.69 Å². The number of hydrogen-bond donors (Lipinski definition) is 1. The molecule has 2 aromatic carbocycles. The number of phenolic OH excluding ortho intramolecular Hbond substituents is 1. The Bertz CT molecular complexity index is 1270. The first-order chi connectivity index (χ1) is 15.8. The Labute approximate surface area is 196 Å². The zero-order chi connectivity index (χ0) is 23.7. The molecule has 1 N–H and O–H groups in total. The third-order valence-electron chi connectivity index (χ3n) is 4.94. The lowest BCUT2D eigenvalue weighted by molar-refractivity contribution is -0.386. The van der Waals surface area contributed by atoms with Gasteiger partial charge in [-0.25, -0.2) is 9.78 Å². The molecule has 10 nitrogen and oxygen atoms in total. The molecule has 4 rings (SSSR count). The molecule has 12 heteroatoms. The van der Waals surface area contributed by atoms with Crippen LogP contribution < -0.4 is 9.47 Å². The molecule has 0 bridgehead atoms. The number of carbonyl (C=O) groups is 1. The summed E-state index contributed by atoms with van der Waals surface area (Å²) in [7, 11) is 2.80. The minimum absolute atomic E-state index is 0.151. The van der Waals surface area contributed by atoms with Crippen LogP contribution in [0.2, 0.25) is 0 Å². The second-order valence-electron chi connectivity index (χ2n) is 7.03. The monoisotopic (exact) mass is 489 g/mol. The Balaban J connectivity index is 1.53. The minimum Gasteiger partial charge on any atom is -0.508 e. The summed E-state index contributed by atoms with van der Waals surface area (Å²) in [6.45, 7) is 1.55. The van der Waals surface area contributed by atoms with Crippen LogP contribution >= 0.6 is 23.1 Å². The van der Waals surface area contributed by atoms with Crippen LogP contribution in [0.4, 0.5) is 5.69 Å². The summed E-state index contributed by atoms with van der Waals surface area (Å²) in [6.07, 6.45) is -0.910. The van der Waals surface area contributed by atoms with E-state index in [1.54, 1.807) is 25.1 Å². The predicted octanol–water partition coefficient (Wildman–Crippen LogP) is 4.09. The number of hydrogen-bond acceptors (Lipinski definition) is 11. The molecule has 1 aromatic heterocycles. The molecule has 0 fully saturated rings. The molecule has 2 atom stereocenters. The van der Waals surface area contributed by atoms with Crippen LogP contribution in [0.25, 0.3) is 10.2 Å². The maximum Gasteiger partial charge on any atom is 0.332 e. The Morgan fingerprint density at radius 3 is 2.67 bits per heavy atom. The fourth-order valence-electron chi connectivity index (χ4n) is 3.30. The van der Waals surface area contributed by atoms with E-state index in [4.69, 9.17) is 14.2 Å². The fourth-order valence-corrected chi connectivity index (χ4v) is 5.39. The molecule has 33 heavy (non-hydrogen) atoms. The molecular weight excluding hydrogens is 470 g/mol. The second-order valence-corrected chi connectivity index (χ2v) is 9.07. The number of benzene rings is 2. The molecule has 1 aliphatic heterocycles. The first kappa shape index (κ1) is 22.8. The van der Waals surface area contributed by atoms with Gasteiger partial charge in [0.05, 0.1) is 41.0 Å². The summed E-state index contributed by atoms with van der Waals surface area (Å²) in [5.41, 5.74) is 0.680. The van der Waals surface area contributed by atoms with E-state index in [0.717, 1.165) is 10.2 Å². The zero-order valence-electron chi connectivity index (χ0n) is 17.8. The van der Waals surface area contributed by atoms with Crippen molar-refractivity contribution in [3.05, 3.63) is 51.0 Å². The molecule has 0 saturated heterocycles. The third-order valence-corrected chi connectivity index (χ3v) is 7.15.